The minimum Gasteiger partial charge on any atom is -0.428 e. The molecule has 1 aliphatic rings. The van der Waals surface area contributed by atoms with Crippen LogP contribution >= 0.6 is 11.6 Å². The van der Waals surface area contributed by atoms with Gasteiger partial charge in [0.1, 0.15) is 5.02 Å². The highest BCUT2D eigenvalue weighted by atomic mass is 35.5. The van der Waals surface area contributed by atoms with Crippen LogP contribution in [0.3, 0.4) is 0 Å². The first-order chi connectivity index (χ1) is 7.00. The molecule has 0 aromatic heterocycles. The van der Waals surface area contributed by atoms with Crippen molar-refractivity contribution in [3.8, 4) is 0 Å². The molecule has 2 rings (SSSR count). The van der Waals surface area contributed by atoms with Crippen molar-refractivity contribution in [2.24, 2.45) is 0 Å². The predicted molar refractivity (Wildman–Crippen MR) is 48.5 cm³/mol. The molecule has 1 N–H and O–H groups in total. The Morgan fingerprint density at radius 2 is 2.20 bits per heavy atom. The number of rotatable bonds is 1. The molecule has 1 aromatic carbocycles. The molecule has 0 radical (unpaired) electrons. The Morgan fingerprint density at radius 3 is 2.80 bits per heavy atom. The van der Waals surface area contributed by atoms with E-state index in [0.29, 0.717) is 0 Å². The van der Waals surface area contributed by atoms with Crippen molar-refractivity contribution >= 4 is 23.3 Å². The number of carbonyl (C=O) groups is 1. The van der Waals surface area contributed by atoms with Crippen LogP contribution in [0, 0.1) is 10.1 Å². The highest BCUT2D eigenvalue weighted by Gasteiger charge is 2.32. The van der Waals surface area contributed by atoms with Crippen molar-refractivity contribution in [1.29, 1.82) is 0 Å². The zero-order valence-corrected chi connectivity index (χ0v) is 7.89. The van der Waals surface area contributed by atoms with Gasteiger partial charge in [0.2, 0.25) is 6.29 Å². The van der Waals surface area contributed by atoms with Gasteiger partial charge in [-0.15, -0.1) is 0 Å². The molecule has 15 heavy (non-hydrogen) atoms. The topological polar surface area (TPSA) is 89.7 Å². The zero-order valence-electron chi connectivity index (χ0n) is 7.14. The van der Waals surface area contributed by atoms with Gasteiger partial charge in [-0.1, -0.05) is 11.6 Å². The second-order valence-corrected chi connectivity index (χ2v) is 3.31. The number of aliphatic hydroxyl groups is 1. The first kappa shape index (κ1) is 9.88. The third kappa shape index (κ3) is 1.43. The smallest absolute Gasteiger partial charge is 0.341 e. The van der Waals surface area contributed by atoms with E-state index in [0.717, 1.165) is 12.1 Å². The van der Waals surface area contributed by atoms with E-state index < -0.39 is 17.2 Å². The summed E-state index contributed by atoms with van der Waals surface area (Å²) >= 11 is 5.58. The fourth-order valence-electron chi connectivity index (χ4n) is 1.33. The molecule has 1 aliphatic heterocycles. The largest absolute Gasteiger partial charge is 0.428 e. The van der Waals surface area contributed by atoms with Gasteiger partial charge in [0.25, 0.3) is 5.69 Å². The first-order valence-electron chi connectivity index (χ1n) is 3.87. The van der Waals surface area contributed by atoms with Gasteiger partial charge in [-0.2, -0.15) is 0 Å². The summed E-state index contributed by atoms with van der Waals surface area (Å²) in [7, 11) is 0. The van der Waals surface area contributed by atoms with E-state index in [9.17, 15) is 20.0 Å². The SMILES string of the molecule is O=C1OC(O)c2cc([N+](=O)[O-])c(Cl)cc21. The molecule has 78 valence electrons. The predicted octanol–water partition coefficient (Wildman–Crippen LogP) is 1.41. The molecule has 1 aromatic rings. The lowest BCUT2D eigenvalue weighted by Crippen LogP contribution is -1.95. The highest BCUT2D eigenvalue weighted by Crippen LogP contribution is 2.35. The summed E-state index contributed by atoms with van der Waals surface area (Å²) in [5, 5.41) is 19.6. The quantitative estimate of drug-likeness (QED) is 0.447. The summed E-state index contributed by atoms with van der Waals surface area (Å²) in [6.07, 6.45) is -1.46. The number of hydrogen-bond acceptors (Lipinski definition) is 5. The van der Waals surface area contributed by atoms with Gasteiger partial charge in [-0.25, -0.2) is 4.79 Å². The zero-order chi connectivity index (χ0) is 11.2. The number of nitro groups is 1. The Morgan fingerprint density at radius 1 is 1.53 bits per heavy atom. The van der Waals surface area contributed by atoms with Gasteiger partial charge in [0.05, 0.1) is 10.5 Å². The number of cyclic esters (lactones) is 1. The number of nitrogens with zero attached hydrogens (tertiary/aromatic N) is 1. The van der Waals surface area contributed by atoms with E-state index in [1.54, 1.807) is 0 Å². The first-order valence-corrected chi connectivity index (χ1v) is 4.25. The summed E-state index contributed by atoms with van der Waals surface area (Å²) < 4.78 is 4.46. The molecule has 0 amide bonds. The average molecular weight is 230 g/mol. The lowest BCUT2D eigenvalue weighted by molar-refractivity contribution is -0.384. The minimum absolute atomic E-state index is 0.0538. The Labute approximate surface area is 88.2 Å². The number of benzene rings is 1. The third-order valence-corrected chi connectivity index (χ3v) is 2.32. The average Bonchev–Trinajstić information content (AvgIpc) is 2.41. The number of carbonyl (C=O) groups excluding carboxylic acids is 1. The second-order valence-electron chi connectivity index (χ2n) is 2.91. The van der Waals surface area contributed by atoms with Crippen molar-refractivity contribution in [2.75, 3.05) is 0 Å². The Bertz CT molecular complexity index is 472. The molecule has 7 heteroatoms. The van der Waals surface area contributed by atoms with Gasteiger partial charge < -0.3 is 9.84 Å². The van der Waals surface area contributed by atoms with Crippen LogP contribution in [0.2, 0.25) is 5.02 Å². The van der Waals surface area contributed by atoms with E-state index in [1.807, 2.05) is 0 Å². The van der Waals surface area contributed by atoms with Crippen LogP contribution in [-0.2, 0) is 4.74 Å². The maximum absolute atomic E-state index is 11.1. The summed E-state index contributed by atoms with van der Waals surface area (Å²) in [6, 6.07) is 2.15. The fourth-order valence-corrected chi connectivity index (χ4v) is 1.56. The molecule has 1 unspecified atom stereocenters. The molecule has 0 aliphatic carbocycles. The van der Waals surface area contributed by atoms with Crippen LogP contribution in [0.4, 0.5) is 5.69 Å². The third-order valence-electron chi connectivity index (χ3n) is 2.02. The molecule has 0 saturated heterocycles. The van der Waals surface area contributed by atoms with Crippen molar-refractivity contribution in [3.05, 3.63) is 38.4 Å². The maximum Gasteiger partial charge on any atom is 0.341 e. The van der Waals surface area contributed by atoms with E-state index in [4.69, 9.17) is 11.6 Å². The molecule has 1 heterocycles. The number of nitro benzene ring substituents is 1. The Kier molecular flexibility index (Phi) is 2.09. The Balaban J connectivity index is 2.64. The van der Waals surface area contributed by atoms with Crippen molar-refractivity contribution < 1.29 is 19.6 Å². The van der Waals surface area contributed by atoms with Crippen molar-refractivity contribution in [2.45, 2.75) is 6.29 Å². The minimum atomic E-state index is -1.46. The van der Waals surface area contributed by atoms with Crippen LogP contribution in [-0.4, -0.2) is 16.0 Å². The maximum atomic E-state index is 11.1. The summed E-state index contributed by atoms with van der Waals surface area (Å²) in [4.78, 5) is 20.9. The number of ether oxygens (including phenoxy) is 1. The molecule has 6 nitrogen and oxygen atoms in total. The van der Waals surface area contributed by atoms with Crippen LogP contribution in [0.25, 0.3) is 0 Å². The van der Waals surface area contributed by atoms with Gasteiger partial charge in [0.15, 0.2) is 0 Å². The molecule has 0 bridgehead atoms. The number of hydrogen-bond donors (Lipinski definition) is 1. The normalized spacial score (nSPS) is 18.5. The number of aliphatic hydroxyl groups excluding tert-OH is 1. The summed E-state index contributed by atoms with van der Waals surface area (Å²) in [5.74, 6) is -0.741. The van der Waals surface area contributed by atoms with Gasteiger partial charge >= 0.3 is 5.97 Å². The Hall–Kier alpha value is -1.66. The standard InChI is InChI=1S/C8H4ClNO5/c9-5-1-3-4(2-6(5)10(13)14)8(12)15-7(3)11/h1-2,8,12H. The molecule has 0 fully saturated rings. The van der Waals surface area contributed by atoms with Crippen LogP contribution in [0.1, 0.15) is 22.2 Å². The lowest BCUT2D eigenvalue weighted by Gasteiger charge is -2.01. The van der Waals surface area contributed by atoms with Crippen molar-refractivity contribution in [1.82, 2.24) is 0 Å². The molecule has 0 saturated carbocycles. The molecular weight excluding hydrogens is 226 g/mol. The van der Waals surface area contributed by atoms with Gasteiger partial charge in [0, 0.05) is 11.6 Å². The van der Waals surface area contributed by atoms with E-state index in [-0.39, 0.29) is 21.8 Å². The molecular formula is C8H4ClNO5. The number of fused-ring (bicyclic) bond motifs is 1. The van der Waals surface area contributed by atoms with Gasteiger partial charge in [-0.3, -0.25) is 10.1 Å². The van der Waals surface area contributed by atoms with E-state index >= 15 is 0 Å². The number of esters is 1. The molecule has 0 spiro atoms. The second kappa shape index (κ2) is 3.18. The van der Waals surface area contributed by atoms with Crippen LogP contribution < -0.4 is 0 Å². The lowest BCUT2D eigenvalue weighted by atomic mass is 10.1. The van der Waals surface area contributed by atoms with Gasteiger partial charge in [-0.05, 0) is 6.07 Å². The van der Waals surface area contributed by atoms with E-state index in [2.05, 4.69) is 4.74 Å². The van der Waals surface area contributed by atoms with Crippen LogP contribution in [0.15, 0.2) is 12.1 Å². The summed E-state index contributed by atoms with van der Waals surface area (Å²) in [5.41, 5.74) is -0.248. The fraction of sp³-hybridized carbons (Fsp3) is 0.125. The summed E-state index contributed by atoms with van der Waals surface area (Å²) in [6.45, 7) is 0. The highest BCUT2D eigenvalue weighted by molar-refractivity contribution is 6.33. The van der Waals surface area contributed by atoms with Crippen molar-refractivity contribution in [3.63, 3.8) is 0 Å². The molecule has 1 atom stereocenters. The number of halogens is 1. The monoisotopic (exact) mass is 229 g/mol. The van der Waals surface area contributed by atoms with E-state index in [1.165, 1.54) is 0 Å². The van der Waals surface area contributed by atoms with Crippen LogP contribution in [0.5, 0.6) is 0 Å².